The molecule has 28 heavy (non-hydrogen) atoms. The zero-order valence-electron chi connectivity index (χ0n) is 16.1. The topological polar surface area (TPSA) is 43.3 Å². The van der Waals surface area contributed by atoms with Crippen LogP contribution >= 0.6 is 15.9 Å². The summed E-state index contributed by atoms with van der Waals surface area (Å²) in [5, 5.41) is 4.33. The van der Waals surface area contributed by atoms with Gasteiger partial charge < -0.3 is 14.6 Å². The Morgan fingerprint density at radius 1 is 1.14 bits per heavy atom. The molecule has 2 aromatic carbocycles. The van der Waals surface area contributed by atoms with E-state index in [0.29, 0.717) is 26.1 Å². The number of carbonyl (C=O) groups excluding carboxylic acids is 1. The fraction of sp³-hybridized carbons (Fsp3) is 0.348. The molecule has 5 heteroatoms. The number of ether oxygens (including phenoxy) is 1. The van der Waals surface area contributed by atoms with Crippen LogP contribution < -0.4 is 5.32 Å². The van der Waals surface area contributed by atoms with Crippen LogP contribution in [0.5, 0.6) is 0 Å². The molecule has 1 fully saturated rings. The number of nitrogens with one attached hydrogen (secondary N) is 1. The van der Waals surface area contributed by atoms with Crippen molar-refractivity contribution in [3.8, 4) is 0 Å². The van der Waals surface area contributed by atoms with Crippen molar-refractivity contribution in [2.24, 2.45) is 0 Å². The average Bonchev–Trinajstić information content (AvgIpc) is 3.11. The summed E-state index contributed by atoms with van der Waals surface area (Å²) >= 11 is 3.49. The standard InChI is InChI=1S/C23H25BrN2O2/c1-2-12-26-13-9-17-16-20(7-8-21(17)26)25-22(27)23(10-14-28-15-11-23)18-3-5-19(24)6-4-18/h3-9,13,16H,2,10-12,14-15H2,1H3,(H,25,27). The molecule has 1 saturated heterocycles. The van der Waals surface area contributed by atoms with Crippen molar-refractivity contribution in [3.63, 3.8) is 0 Å². The summed E-state index contributed by atoms with van der Waals surface area (Å²) in [5.74, 6) is 0.0467. The summed E-state index contributed by atoms with van der Waals surface area (Å²) in [4.78, 5) is 13.4. The van der Waals surface area contributed by atoms with E-state index in [0.717, 1.165) is 34.1 Å². The molecule has 4 nitrogen and oxygen atoms in total. The zero-order valence-corrected chi connectivity index (χ0v) is 17.7. The molecule has 146 valence electrons. The van der Waals surface area contributed by atoms with Crippen molar-refractivity contribution < 1.29 is 9.53 Å². The minimum atomic E-state index is -0.554. The Morgan fingerprint density at radius 3 is 2.61 bits per heavy atom. The molecule has 1 N–H and O–H groups in total. The number of halogens is 1. The van der Waals surface area contributed by atoms with E-state index in [9.17, 15) is 4.79 Å². The first-order valence-electron chi connectivity index (χ1n) is 9.86. The fourth-order valence-electron chi connectivity index (χ4n) is 4.10. The number of carbonyl (C=O) groups is 1. The number of rotatable bonds is 5. The van der Waals surface area contributed by atoms with Crippen LogP contribution in [0.15, 0.2) is 59.2 Å². The van der Waals surface area contributed by atoms with E-state index in [1.54, 1.807) is 0 Å². The monoisotopic (exact) mass is 440 g/mol. The van der Waals surface area contributed by atoms with E-state index in [2.05, 4.69) is 57.1 Å². The SMILES string of the molecule is CCCn1ccc2cc(NC(=O)C3(c4ccc(Br)cc4)CCOCC3)ccc21. The van der Waals surface area contributed by atoms with Gasteiger partial charge in [0.15, 0.2) is 0 Å². The summed E-state index contributed by atoms with van der Waals surface area (Å²) in [6.45, 7) is 4.38. The van der Waals surface area contributed by atoms with Crippen molar-refractivity contribution >= 4 is 38.4 Å². The van der Waals surface area contributed by atoms with Gasteiger partial charge in [0.25, 0.3) is 0 Å². The van der Waals surface area contributed by atoms with Gasteiger partial charge in [-0.2, -0.15) is 0 Å². The van der Waals surface area contributed by atoms with Crippen LogP contribution in [0.3, 0.4) is 0 Å². The molecule has 1 aliphatic heterocycles. The predicted molar refractivity (Wildman–Crippen MR) is 117 cm³/mol. The number of aryl methyl sites for hydroxylation is 1. The molecule has 1 aromatic heterocycles. The van der Waals surface area contributed by atoms with E-state index >= 15 is 0 Å². The van der Waals surface area contributed by atoms with Gasteiger partial charge in [-0.25, -0.2) is 0 Å². The highest BCUT2D eigenvalue weighted by atomic mass is 79.9. The van der Waals surface area contributed by atoms with Gasteiger partial charge in [-0.15, -0.1) is 0 Å². The molecule has 0 unspecified atom stereocenters. The van der Waals surface area contributed by atoms with Crippen molar-refractivity contribution in [2.75, 3.05) is 18.5 Å². The lowest BCUT2D eigenvalue weighted by Gasteiger charge is -2.36. The minimum absolute atomic E-state index is 0.0467. The average molecular weight is 441 g/mol. The van der Waals surface area contributed by atoms with Gasteiger partial charge in [0.2, 0.25) is 5.91 Å². The first-order valence-corrected chi connectivity index (χ1v) is 10.7. The number of aromatic nitrogens is 1. The molecule has 0 spiro atoms. The van der Waals surface area contributed by atoms with Crippen LogP contribution in [0, 0.1) is 0 Å². The van der Waals surface area contributed by atoms with Gasteiger partial charge in [-0.1, -0.05) is 35.0 Å². The molecule has 1 amide bonds. The molecule has 1 aliphatic rings. The highest BCUT2D eigenvalue weighted by Gasteiger charge is 2.41. The van der Waals surface area contributed by atoms with Crippen molar-refractivity contribution in [1.82, 2.24) is 4.57 Å². The second-order valence-electron chi connectivity index (χ2n) is 7.44. The molecule has 4 rings (SSSR count). The number of amides is 1. The quantitative estimate of drug-likeness (QED) is 0.568. The lowest BCUT2D eigenvalue weighted by Crippen LogP contribution is -2.44. The van der Waals surface area contributed by atoms with E-state index < -0.39 is 5.41 Å². The number of hydrogen-bond donors (Lipinski definition) is 1. The number of anilines is 1. The van der Waals surface area contributed by atoms with E-state index in [1.165, 1.54) is 5.52 Å². The van der Waals surface area contributed by atoms with E-state index in [-0.39, 0.29) is 5.91 Å². The maximum atomic E-state index is 13.4. The van der Waals surface area contributed by atoms with Crippen LogP contribution in [-0.4, -0.2) is 23.7 Å². The zero-order chi connectivity index (χ0) is 19.6. The van der Waals surface area contributed by atoms with Crippen LogP contribution in [-0.2, 0) is 21.5 Å². The molecule has 0 aliphatic carbocycles. The van der Waals surface area contributed by atoms with Gasteiger partial charge in [0.1, 0.15) is 0 Å². The first kappa shape index (κ1) is 19.2. The summed E-state index contributed by atoms with van der Waals surface area (Å²) in [5.41, 5.74) is 2.54. The summed E-state index contributed by atoms with van der Waals surface area (Å²) in [6.07, 6.45) is 4.59. The molecule has 0 atom stereocenters. The maximum Gasteiger partial charge on any atom is 0.235 e. The van der Waals surface area contributed by atoms with E-state index in [1.807, 2.05) is 30.3 Å². The lowest BCUT2D eigenvalue weighted by atomic mass is 9.73. The fourth-order valence-corrected chi connectivity index (χ4v) is 4.36. The summed E-state index contributed by atoms with van der Waals surface area (Å²) in [6, 6.07) is 16.4. The first-order chi connectivity index (χ1) is 13.6. The maximum absolute atomic E-state index is 13.4. The normalized spacial score (nSPS) is 16.2. The Hall–Kier alpha value is -2.11. The number of nitrogens with zero attached hydrogens (tertiary/aromatic N) is 1. The van der Waals surface area contributed by atoms with Gasteiger partial charge in [0.05, 0.1) is 5.41 Å². The summed E-state index contributed by atoms with van der Waals surface area (Å²) < 4.78 is 8.83. The third kappa shape index (κ3) is 3.61. The van der Waals surface area contributed by atoms with Gasteiger partial charge in [-0.3, -0.25) is 4.79 Å². The Kier molecular flexibility index (Phi) is 5.56. The van der Waals surface area contributed by atoms with E-state index in [4.69, 9.17) is 4.74 Å². The molecule has 3 aromatic rings. The van der Waals surface area contributed by atoms with Crippen LogP contribution in [0.25, 0.3) is 10.9 Å². The molecule has 2 heterocycles. The predicted octanol–water partition coefficient (Wildman–Crippen LogP) is 5.50. The largest absolute Gasteiger partial charge is 0.381 e. The van der Waals surface area contributed by atoms with Gasteiger partial charge in [-0.05, 0) is 61.2 Å². The van der Waals surface area contributed by atoms with Gasteiger partial charge >= 0.3 is 0 Å². The molecule has 0 saturated carbocycles. The highest BCUT2D eigenvalue weighted by molar-refractivity contribution is 9.10. The second-order valence-corrected chi connectivity index (χ2v) is 8.35. The lowest BCUT2D eigenvalue weighted by molar-refractivity contribution is -0.125. The number of benzene rings is 2. The molecular formula is C23H25BrN2O2. The Bertz CT molecular complexity index is 972. The van der Waals surface area contributed by atoms with Crippen molar-refractivity contribution in [3.05, 3.63) is 64.8 Å². The molecular weight excluding hydrogens is 416 g/mol. The van der Waals surface area contributed by atoms with Crippen LogP contribution in [0.1, 0.15) is 31.7 Å². The number of hydrogen-bond acceptors (Lipinski definition) is 2. The third-order valence-corrected chi connectivity index (χ3v) is 6.20. The Labute approximate surface area is 174 Å². The Balaban J connectivity index is 1.62. The third-order valence-electron chi connectivity index (χ3n) is 5.67. The molecule has 0 radical (unpaired) electrons. The van der Waals surface area contributed by atoms with Crippen molar-refractivity contribution in [2.45, 2.75) is 38.1 Å². The summed E-state index contributed by atoms with van der Waals surface area (Å²) in [7, 11) is 0. The second kappa shape index (κ2) is 8.10. The van der Waals surface area contributed by atoms with Crippen LogP contribution in [0.4, 0.5) is 5.69 Å². The van der Waals surface area contributed by atoms with Crippen LogP contribution in [0.2, 0.25) is 0 Å². The highest BCUT2D eigenvalue weighted by Crippen LogP contribution is 2.37. The smallest absolute Gasteiger partial charge is 0.235 e. The molecule has 0 bridgehead atoms. The number of fused-ring (bicyclic) bond motifs is 1. The minimum Gasteiger partial charge on any atom is -0.381 e. The van der Waals surface area contributed by atoms with Gasteiger partial charge in [0, 0.05) is 47.0 Å². The Morgan fingerprint density at radius 2 is 1.89 bits per heavy atom. The van der Waals surface area contributed by atoms with Crippen molar-refractivity contribution in [1.29, 1.82) is 0 Å².